The van der Waals surface area contributed by atoms with E-state index < -0.39 is 5.97 Å². The van der Waals surface area contributed by atoms with Gasteiger partial charge in [0.25, 0.3) is 0 Å². The average molecular weight is 264 g/mol. The van der Waals surface area contributed by atoms with E-state index in [1.165, 1.54) is 0 Å². The quantitative estimate of drug-likeness (QED) is 0.882. The van der Waals surface area contributed by atoms with Gasteiger partial charge in [0, 0.05) is 11.6 Å². The van der Waals surface area contributed by atoms with Gasteiger partial charge in [-0.1, -0.05) is 29.8 Å². The third-order valence-electron chi connectivity index (χ3n) is 3.68. The van der Waals surface area contributed by atoms with E-state index in [-0.39, 0.29) is 12.3 Å². The summed E-state index contributed by atoms with van der Waals surface area (Å²) >= 11 is 6.10. The number of H-pyrrole nitrogens is 1. The van der Waals surface area contributed by atoms with Gasteiger partial charge in [-0.3, -0.25) is 4.79 Å². The highest BCUT2D eigenvalue weighted by molar-refractivity contribution is 6.35. The number of benzene rings is 1. The Labute approximate surface area is 110 Å². The minimum absolute atomic E-state index is 0.0981. The largest absolute Gasteiger partial charge is 0.481 e. The summed E-state index contributed by atoms with van der Waals surface area (Å²) in [6.45, 7) is 0. The number of rotatable bonds is 4. The van der Waals surface area contributed by atoms with E-state index in [0.717, 1.165) is 29.3 Å². The summed E-state index contributed by atoms with van der Waals surface area (Å²) in [6, 6.07) is 5.93. The second-order valence-corrected chi connectivity index (χ2v) is 5.36. The fourth-order valence-electron chi connectivity index (χ4n) is 2.67. The van der Waals surface area contributed by atoms with Crippen LogP contribution in [0.25, 0.3) is 10.9 Å². The lowest BCUT2D eigenvalue weighted by molar-refractivity contribution is -0.137. The van der Waals surface area contributed by atoms with E-state index in [1.54, 1.807) is 6.20 Å². The standard InChI is InChI=1S/C14H14ClNO2/c15-12-7-16-14-9(2-1-3-10(12)14)11(6-13(17)18)8-4-5-8/h1-3,7-8,11,16H,4-6H2,(H,17,18). The van der Waals surface area contributed by atoms with Gasteiger partial charge < -0.3 is 10.1 Å². The van der Waals surface area contributed by atoms with E-state index in [0.29, 0.717) is 10.9 Å². The van der Waals surface area contributed by atoms with Crippen LogP contribution in [0.1, 0.15) is 30.7 Å². The van der Waals surface area contributed by atoms with Crippen molar-refractivity contribution in [2.45, 2.75) is 25.2 Å². The molecule has 2 N–H and O–H groups in total. The molecule has 1 aliphatic rings. The van der Waals surface area contributed by atoms with Gasteiger partial charge in [-0.25, -0.2) is 0 Å². The Morgan fingerprint density at radius 3 is 2.94 bits per heavy atom. The Bertz CT molecular complexity index is 601. The van der Waals surface area contributed by atoms with Crippen molar-refractivity contribution in [2.24, 2.45) is 5.92 Å². The normalized spacial score (nSPS) is 16.9. The van der Waals surface area contributed by atoms with Gasteiger partial charge in [-0.05, 0) is 30.2 Å². The van der Waals surface area contributed by atoms with Crippen molar-refractivity contribution in [2.75, 3.05) is 0 Å². The topological polar surface area (TPSA) is 53.1 Å². The van der Waals surface area contributed by atoms with Crippen molar-refractivity contribution in [3.05, 3.63) is 35.0 Å². The minimum atomic E-state index is -0.735. The lowest BCUT2D eigenvalue weighted by Crippen LogP contribution is -2.08. The van der Waals surface area contributed by atoms with Gasteiger partial charge >= 0.3 is 5.97 Å². The van der Waals surface area contributed by atoms with Crippen molar-refractivity contribution in [1.29, 1.82) is 0 Å². The number of fused-ring (bicyclic) bond motifs is 1. The Morgan fingerprint density at radius 1 is 1.50 bits per heavy atom. The summed E-state index contributed by atoms with van der Waals surface area (Å²) in [7, 11) is 0. The van der Waals surface area contributed by atoms with Crippen LogP contribution in [0.4, 0.5) is 0 Å². The Morgan fingerprint density at radius 2 is 2.28 bits per heavy atom. The zero-order chi connectivity index (χ0) is 12.7. The predicted molar refractivity (Wildman–Crippen MR) is 71.0 cm³/mol. The first-order chi connectivity index (χ1) is 8.66. The highest BCUT2D eigenvalue weighted by Gasteiger charge is 2.34. The number of carbonyl (C=O) groups is 1. The molecular weight excluding hydrogens is 250 g/mol. The van der Waals surface area contributed by atoms with Gasteiger partial charge in [0.1, 0.15) is 0 Å². The van der Waals surface area contributed by atoms with Gasteiger partial charge in [0.05, 0.1) is 17.0 Å². The molecule has 94 valence electrons. The van der Waals surface area contributed by atoms with Crippen LogP contribution < -0.4 is 0 Å². The molecular formula is C14H14ClNO2. The molecule has 2 aromatic rings. The van der Waals surface area contributed by atoms with Crippen molar-refractivity contribution in [3.8, 4) is 0 Å². The SMILES string of the molecule is O=C(O)CC(c1cccc2c(Cl)c[nH]c12)C1CC1. The Kier molecular flexibility index (Phi) is 2.78. The van der Waals surface area contributed by atoms with Crippen molar-refractivity contribution in [3.63, 3.8) is 0 Å². The highest BCUT2D eigenvalue weighted by Crippen LogP contribution is 2.46. The molecule has 1 saturated carbocycles. The van der Waals surface area contributed by atoms with Crippen molar-refractivity contribution in [1.82, 2.24) is 4.98 Å². The number of carboxylic acids is 1. The van der Waals surface area contributed by atoms with Crippen LogP contribution in [-0.4, -0.2) is 16.1 Å². The average Bonchev–Trinajstić information content (AvgIpc) is 3.11. The number of carboxylic acid groups (broad SMARTS) is 1. The van der Waals surface area contributed by atoms with Crippen LogP contribution in [-0.2, 0) is 4.79 Å². The molecule has 1 fully saturated rings. The van der Waals surface area contributed by atoms with E-state index in [9.17, 15) is 4.79 Å². The molecule has 4 heteroatoms. The third-order valence-corrected chi connectivity index (χ3v) is 3.99. The molecule has 1 aliphatic carbocycles. The molecule has 0 radical (unpaired) electrons. The van der Waals surface area contributed by atoms with Gasteiger partial charge in [0.15, 0.2) is 0 Å². The predicted octanol–water partition coefficient (Wildman–Crippen LogP) is 3.79. The molecule has 1 aromatic heterocycles. The van der Waals surface area contributed by atoms with Crippen molar-refractivity contribution < 1.29 is 9.90 Å². The molecule has 0 saturated heterocycles. The number of aromatic nitrogens is 1. The zero-order valence-corrected chi connectivity index (χ0v) is 10.6. The number of nitrogens with one attached hydrogen (secondary N) is 1. The maximum absolute atomic E-state index is 11.0. The molecule has 1 aromatic carbocycles. The van der Waals surface area contributed by atoms with Gasteiger partial charge in [0.2, 0.25) is 0 Å². The van der Waals surface area contributed by atoms with E-state index in [1.807, 2.05) is 18.2 Å². The van der Waals surface area contributed by atoms with Gasteiger partial charge in [-0.15, -0.1) is 0 Å². The Balaban J connectivity index is 2.08. The molecule has 1 heterocycles. The number of hydrogen-bond donors (Lipinski definition) is 2. The second-order valence-electron chi connectivity index (χ2n) is 4.95. The number of aromatic amines is 1. The summed E-state index contributed by atoms with van der Waals surface area (Å²) in [5, 5.41) is 10.7. The molecule has 3 nitrogen and oxygen atoms in total. The van der Waals surface area contributed by atoms with E-state index in [4.69, 9.17) is 16.7 Å². The number of hydrogen-bond acceptors (Lipinski definition) is 1. The van der Waals surface area contributed by atoms with Gasteiger partial charge in [-0.2, -0.15) is 0 Å². The third kappa shape index (κ3) is 1.99. The molecule has 0 bridgehead atoms. The smallest absolute Gasteiger partial charge is 0.303 e. The number of halogens is 1. The molecule has 0 spiro atoms. The Hall–Kier alpha value is -1.48. The molecule has 0 amide bonds. The lowest BCUT2D eigenvalue weighted by Gasteiger charge is -2.15. The minimum Gasteiger partial charge on any atom is -0.481 e. The summed E-state index contributed by atoms with van der Waals surface area (Å²) in [5.41, 5.74) is 2.07. The van der Waals surface area contributed by atoms with E-state index in [2.05, 4.69) is 4.98 Å². The van der Waals surface area contributed by atoms with E-state index >= 15 is 0 Å². The molecule has 3 rings (SSSR count). The highest BCUT2D eigenvalue weighted by atomic mass is 35.5. The fraction of sp³-hybridized carbons (Fsp3) is 0.357. The molecule has 0 aliphatic heterocycles. The fourth-order valence-corrected chi connectivity index (χ4v) is 2.88. The molecule has 18 heavy (non-hydrogen) atoms. The first kappa shape index (κ1) is 11.6. The monoisotopic (exact) mass is 263 g/mol. The molecule has 1 atom stereocenters. The number of para-hydroxylation sites is 1. The lowest BCUT2D eigenvalue weighted by atomic mass is 9.90. The summed E-state index contributed by atoms with van der Waals surface area (Å²) in [4.78, 5) is 14.2. The number of aliphatic carboxylic acids is 1. The van der Waals surface area contributed by atoms with Crippen LogP contribution in [0, 0.1) is 5.92 Å². The van der Waals surface area contributed by atoms with Crippen LogP contribution in [0.3, 0.4) is 0 Å². The first-order valence-corrected chi connectivity index (χ1v) is 6.52. The van der Waals surface area contributed by atoms with Crippen LogP contribution >= 0.6 is 11.6 Å². The van der Waals surface area contributed by atoms with Crippen molar-refractivity contribution >= 4 is 28.5 Å². The summed E-state index contributed by atoms with van der Waals surface area (Å²) < 4.78 is 0. The maximum Gasteiger partial charge on any atom is 0.303 e. The molecule has 1 unspecified atom stereocenters. The second kappa shape index (κ2) is 4.32. The summed E-state index contributed by atoms with van der Waals surface area (Å²) in [5.74, 6) is -0.128. The van der Waals surface area contributed by atoms with Crippen LogP contribution in [0.2, 0.25) is 5.02 Å². The zero-order valence-electron chi connectivity index (χ0n) is 9.82. The van der Waals surface area contributed by atoms with Crippen LogP contribution in [0.5, 0.6) is 0 Å². The maximum atomic E-state index is 11.0. The first-order valence-electron chi connectivity index (χ1n) is 6.14. The van der Waals surface area contributed by atoms with Crippen LogP contribution in [0.15, 0.2) is 24.4 Å². The summed E-state index contributed by atoms with van der Waals surface area (Å²) in [6.07, 6.45) is 4.21.